The average Bonchev–Trinajstić information content (AvgIpc) is 2.29. The standard InChI is InChI=1S/C14H29N3O/c1-10-11(7-6-8-12(10)15)13(18)16-9-14(2,3)17(4)5/h10-12H,6-9,15H2,1-5H3,(H,16,18). The number of nitrogens with one attached hydrogen (secondary N) is 1. The van der Waals surface area contributed by atoms with E-state index >= 15 is 0 Å². The first-order chi connectivity index (χ1) is 8.25. The number of hydrogen-bond acceptors (Lipinski definition) is 3. The molecule has 3 atom stereocenters. The Morgan fingerprint density at radius 3 is 2.56 bits per heavy atom. The molecule has 4 nitrogen and oxygen atoms in total. The first-order valence-electron chi connectivity index (χ1n) is 6.96. The second-order valence-corrected chi connectivity index (χ2v) is 6.49. The first-order valence-corrected chi connectivity index (χ1v) is 6.96. The molecular weight excluding hydrogens is 226 g/mol. The highest BCUT2D eigenvalue weighted by atomic mass is 16.1. The van der Waals surface area contributed by atoms with Crippen LogP contribution in [0.1, 0.15) is 40.0 Å². The van der Waals surface area contributed by atoms with Crippen molar-refractivity contribution in [2.45, 2.75) is 51.6 Å². The Bertz CT molecular complexity index is 289. The molecule has 1 amide bonds. The summed E-state index contributed by atoms with van der Waals surface area (Å²) in [4.78, 5) is 14.4. The van der Waals surface area contributed by atoms with E-state index in [1.54, 1.807) is 0 Å². The number of nitrogens with zero attached hydrogens (tertiary/aromatic N) is 1. The van der Waals surface area contributed by atoms with Crippen molar-refractivity contribution in [3.8, 4) is 0 Å². The van der Waals surface area contributed by atoms with E-state index in [0.717, 1.165) is 19.3 Å². The van der Waals surface area contributed by atoms with Crippen molar-refractivity contribution in [3.63, 3.8) is 0 Å². The summed E-state index contributed by atoms with van der Waals surface area (Å²) in [6, 6.07) is 0.177. The van der Waals surface area contributed by atoms with Crippen LogP contribution in [-0.2, 0) is 4.79 Å². The molecule has 1 aliphatic rings. The second-order valence-electron chi connectivity index (χ2n) is 6.49. The molecule has 0 radical (unpaired) electrons. The summed E-state index contributed by atoms with van der Waals surface area (Å²) in [5, 5.41) is 3.09. The highest BCUT2D eigenvalue weighted by molar-refractivity contribution is 5.79. The Balaban J connectivity index is 2.50. The zero-order valence-electron chi connectivity index (χ0n) is 12.5. The van der Waals surface area contributed by atoms with Gasteiger partial charge in [-0.15, -0.1) is 0 Å². The van der Waals surface area contributed by atoms with Crippen LogP contribution < -0.4 is 11.1 Å². The topological polar surface area (TPSA) is 58.4 Å². The van der Waals surface area contributed by atoms with Crippen molar-refractivity contribution in [1.82, 2.24) is 10.2 Å². The number of amides is 1. The van der Waals surface area contributed by atoms with Crippen molar-refractivity contribution >= 4 is 5.91 Å². The van der Waals surface area contributed by atoms with Gasteiger partial charge in [-0.05, 0) is 46.7 Å². The van der Waals surface area contributed by atoms with Crippen molar-refractivity contribution in [2.75, 3.05) is 20.6 Å². The van der Waals surface area contributed by atoms with Gasteiger partial charge in [0, 0.05) is 24.0 Å². The van der Waals surface area contributed by atoms with E-state index in [1.165, 1.54) is 0 Å². The quantitative estimate of drug-likeness (QED) is 0.794. The lowest BCUT2D eigenvalue weighted by molar-refractivity contribution is -0.128. The SMILES string of the molecule is CC1C(N)CCCC1C(=O)NCC(C)(C)N(C)C. The predicted octanol–water partition coefficient (Wildman–Crippen LogP) is 1.21. The summed E-state index contributed by atoms with van der Waals surface area (Å²) < 4.78 is 0. The fourth-order valence-corrected chi connectivity index (χ4v) is 2.36. The van der Waals surface area contributed by atoms with E-state index in [1.807, 2.05) is 14.1 Å². The van der Waals surface area contributed by atoms with Gasteiger partial charge in [0.1, 0.15) is 0 Å². The number of rotatable bonds is 4. The van der Waals surface area contributed by atoms with Crippen molar-refractivity contribution in [2.24, 2.45) is 17.6 Å². The van der Waals surface area contributed by atoms with E-state index in [0.29, 0.717) is 12.5 Å². The van der Waals surface area contributed by atoms with Crippen LogP contribution in [0, 0.1) is 11.8 Å². The molecule has 1 rings (SSSR count). The summed E-state index contributed by atoms with van der Waals surface area (Å²) in [6.07, 6.45) is 3.10. The van der Waals surface area contributed by atoms with Crippen LogP contribution in [0.3, 0.4) is 0 Å². The maximum Gasteiger partial charge on any atom is 0.223 e. The number of likely N-dealkylation sites (N-methyl/N-ethyl adjacent to an activating group) is 1. The molecule has 1 saturated carbocycles. The highest BCUT2D eigenvalue weighted by Crippen LogP contribution is 2.29. The predicted molar refractivity (Wildman–Crippen MR) is 75.3 cm³/mol. The van der Waals surface area contributed by atoms with Gasteiger partial charge in [0.2, 0.25) is 5.91 Å². The van der Waals surface area contributed by atoms with Gasteiger partial charge in [0.15, 0.2) is 0 Å². The number of hydrogen-bond donors (Lipinski definition) is 2. The van der Waals surface area contributed by atoms with Crippen LogP contribution in [0.5, 0.6) is 0 Å². The molecule has 0 heterocycles. The lowest BCUT2D eigenvalue weighted by Crippen LogP contribution is -2.51. The maximum atomic E-state index is 12.2. The smallest absolute Gasteiger partial charge is 0.223 e. The fourth-order valence-electron chi connectivity index (χ4n) is 2.36. The molecular formula is C14H29N3O. The third kappa shape index (κ3) is 3.69. The van der Waals surface area contributed by atoms with Crippen LogP contribution in [0.2, 0.25) is 0 Å². The van der Waals surface area contributed by atoms with Gasteiger partial charge < -0.3 is 16.0 Å². The molecule has 0 spiro atoms. The van der Waals surface area contributed by atoms with Crippen LogP contribution in [0.4, 0.5) is 0 Å². The number of carbonyl (C=O) groups excluding carboxylic acids is 1. The summed E-state index contributed by atoms with van der Waals surface area (Å²) in [7, 11) is 4.07. The van der Waals surface area contributed by atoms with E-state index in [-0.39, 0.29) is 23.4 Å². The normalized spacial score (nSPS) is 29.4. The molecule has 0 aliphatic heterocycles. The zero-order valence-corrected chi connectivity index (χ0v) is 12.5. The Labute approximate surface area is 111 Å². The van der Waals surface area contributed by atoms with Gasteiger partial charge in [0.05, 0.1) is 0 Å². The molecule has 0 saturated heterocycles. The molecule has 0 bridgehead atoms. The first kappa shape index (κ1) is 15.4. The number of carbonyl (C=O) groups is 1. The van der Waals surface area contributed by atoms with Crippen molar-refractivity contribution < 1.29 is 4.79 Å². The van der Waals surface area contributed by atoms with E-state index in [9.17, 15) is 4.79 Å². The summed E-state index contributed by atoms with van der Waals surface area (Å²) in [5.41, 5.74) is 6.03. The molecule has 4 heteroatoms. The van der Waals surface area contributed by atoms with Crippen molar-refractivity contribution in [3.05, 3.63) is 0 Å². The van der Waals surface area contributed by atoms with E-state index in [2.05, 4.69) is 31.0 Å². The minimum Gasteiger partial charge on any atom is -0.354 e. The van der Waals surface area contributed by atoms with Gasteiger partial charge in [0.25, 0.3) is 0 Å². The molecule has 1 aliphatic carbocycles. The molecule has 3 unspecified atom stereocenters. The zero-order chi connectivity index (χ0) is 13.9. The van der Waals surface area contributed by atoms with Gasteiger partial charge in [-0.3, -0.25) is 4.79 Å². The monoisotopic (exact) mass is 255 g/mol. The molecule has 0 aromatic carbocycles. The average molecular weight is 255 g/mol. The van der Waals surface area contributed by atoms with Crippen LogP contribution in [0.15, 0.2) is 0 Å². The fraction of sp³-hybridized carbons (Fsp3) is 0.929. The summed E-state index contributed by atoms with van der Waals surface area (Å²) in [6.45, 7) is 7.04. The minimum absolute atomic E-state index is 0.0182. The Kier molecular flexibility index (Phi) is 5.17. The van der Waals surface area contributed by atoms with E-state index < -0.39 is 0 Å². The Morgan fingerprint density at radius 1 is 1.39 bits per heavy atom. The summed E-state index contributed by atoms with van der Waals surface area (Å²) in [5.74, 6) is 0.556. The largest absolute Gasteiger partial charge is 0.354 e. The minimum atomic E-state index is -0.0182. The van der Waals surface area contributed by atoms with E-state index in [4.69, 9.17) is 5.73 Å². The highest BCUT2D eigenvalue weighted by Gasteiger charge is 2.33. The number of nitrogens with two attached hydrogens (primary N) is 1. The summed E-state index contributed by atoms with van der Waals surface area (Å²) >= 11 is 0. The molecule has 3 N–H and O–H groups in total. The lowest BCUT2D eigenvalue weighted by atomic mass is 9.77. The van der Waals surface area contributed by atoms with Crippen LogP contribution >= 0.6 is 0 Å². The lowest BCUT2D eigenvalue weighted by Gasteiger charge is -2.36. The maximum absolute atomic E-state index is 12.2. The van der Waals surface area contributed by atoms with Gasteiger partial charge >= 0.3 is 0 Å². The molecule has 1 fully saturated rings. The van der Waals surface area contributed by atoms with Gasteiger partial charge in [-0.1, -0.05) is 13.3 Å². The second kappa shape index (κ2) is 6.02. The molecule has 18 heavy (non-hydrogen) atoms. The van der Waals surface area contributed by atoms with Gasteiger partial charge in [-0.2, -0.15) is 0 Å². The third-order valence-electron chi connectivity index (χ3n) is 4.61. The molecule has 106 valence electrons. The van der Waals surface area contributed by atoms with Crippen molar-refractivity contribution in [1.29, 1.82) is 0 Å². The molecule has 0 aromatic heterocycles. The Hall–Kier alpha value is -0.610. The van der Waals surface area contributed by atoms with Crippen LogP contribution in [-0.4, -0.2) is 43.0 Å². The van der Waals surface area contributed by atoms with Gasteiger partial charge in [-0.25, -0.2) is 0 Å². The Morgan fingerprint density at radius 2 is 2.00 bits per heavy atom. The molecule has 0 aromatic rings. The third-order valence-corrected chi connectivity index (χ3v) is 4.61. The van der Waals surface area contributed by atoms with Crippen LogP contribution in [0.25, 0.3) is 0 Å².